The SMILES string of the molecule is Cc1cccc(C)c1C1CCN(Cc2c(C(=O)N3CCC[C@H](C#N)C3)[nH]c3ccccc23)CC1. The molecule has 2 aliphatic heterocycles. The number of nitrogens with zero attached hydrogens (tertiary/aromatic N) is 3. The Bertz CT molecular complexity index is 1210. The number of nitriles is 1. The molecule has 5 nitrogen and oxygen atoms in total. The minimum Gasteiger partial charge on any atom is -0.350 e. The molecule has 5 heteroatoms. The summed E-state index contributed by atoms with van der Waals surface area (Å²) in [6, 6.07) is 17.2. The minimum absolute atomic E-state index is 0.0385. The first-order valence-corrected chi connectivity index (χ1v) is 12.6. The Labute approximate surface area is 202 Å². The molecule has 5 rings (SSSR count). The van der Waals surface area contributed by atoms with E-state index in [2.05, 4.69) is 60.1 Å². The lowest BCUT2D eigenvalue weighted by molar-refractivity contribution is 0.0691. The van der Waals surface area contributed by atoms with Crippen molar-refractivity contribution in [3.05, 3.63) is 70.4 Å². The molecule has 1 atom stereocenters. The van der Waals surface area contributed by atoms with E-state index in [9.17, 15) is 10.1 Å². The Kier molecular flexibility index (Phi) is 6.43. The van der Waals surface area contributed by atoms with Crippen LogP contribution in [-0.4, -0.2) is 46.9 Å². The van der Waals surface area contributed by atoms with Crippen molar-refractivity contribution in [2.75, 3.05) is 26.2 Å². The smallest absolute Gasteiger partial charge is 0.270 e. The number of piperidine rings is 2. The molecule has 0 bridgehead atoms. The van der Waals surface area contributed by atoms with Crippen LogP contribution in [0.2, 0.25) is 0 Å². The summed E-state index contributed by atoms with van der Waals surface area (Å²) in [4.78, 5) is 21.4. The molecule has 34 heavy (non-hydrogen) atoms. The van der Waals surface area contributed by atoms with Crippen LogP contribution in [0.3, 0.4) is 0 Å². The van der Waals surface area contributed by atoms with E-state index in [1.54, 1.807) is 0 Å². The number of amides is 1. The van der Waals surface area contributed by atoms with Gasteiger partial charge in [0.25, 0.3) is 5.91 Å². The minimum atomic E-state index is -0.0607. The Morgan fingerprint density at radius 2 is 1.76 bits per heavy atom. The molecule has 0 saturated carbocycles. The number of aromatic amines is 1. The first kappa shape index (κ1) is 22.7. The number of hydrogen-bond donors (Lipinski definition) is 1. The monoisotopic (exact) mass is 454 g/mol. The topological polar surface area (TPSA) is 63.1 Å². The summed E-state index contributed by atoms with van der Waals surface area (Å²) in [5.74, 6) is 0.587. The van der Waals surface area contributed by atoms with Gasteiger partial charge in [0.15, 0.2) is 0 Å². The van der Waals surface area contributed by atoms with Crippen molar-refractivity contribution in [1.29, 1.82) is 5.26 Å². The number of likely N-dealkylation sites (tertiary alicyclic amines) is 2. The van der Waals surface area contributed by atoms with Gasteiger partial charge in [-0.3, -0.25) is 9.69 Å². The molecule has 0 aliphatic carbocycles. The second-order valence-electron chi connectivity index (χ2n) is 10.1. The quantitative estimate of drug-likeness (QED) is 0.563. The van der Waals surface area contributed by atoms with Crippen molar-refractivity contribution in [2.24, 2.45) is 5.92 Å². The largest absolute Gasteiger partial charge is 0.350 e. The number of fused-ring (bicyclic) bond motifs is 1. The fourth-order valence-corrected chi connectivity index (χ4v) is 6.05. The van der Waals surface area contributed by atoms with Crippen LogP contribution in [0.5, 0.6) is 0 Å². The molecule has 2 fully saturated rings. The van der Waals surface area contributed by atoms with Crippen LogP contribution in [-0.2, 0) is 6.54 Å². The molecule has 2 aliphatic rings. The molecule has 2 aromatic carbocycles. The van der Waals surface area contributed by atoms with Crippen molar-refractivity contribution in [3.8, 4) is 6.07 Å². The van der Waals surface area contributed by atoms with Gasteiger partial charge in [-0.15, -0.1) is 0 Å². The zero-order valence-electron chi connectivity index (χ0n) is 20.3. The number of para-hydroxylation sites is 1. The number of benzene rings is 2. The molecule has 0 radical (unpaired) electrons. The first-order chi connectivity index (χ1) is 16.5. The molecule has 2 saturated heterocycles. The Morgan fingerprint density at radius 1 is 1.03 bits per heavy atom. The Hall–Kier alpha value is -3.10. The van der Waals surface area contributed by atoms with Gasteiger partial charge in [0, 0.05) is 36.1 Å². The lowest BCUT2D eigenvalue weighted by Gasteiger charge is -2.34. The predicted molar refractivity (Wildman–Crippen MR) is 136 cm³/mol. The Morgan fingerprint density at radius 3 is 2.50 bits per heavy atom. The van der Waals surface area contributed by atoms with Gasteiger partial charge in [-0.05, 0) is 81.3 Å². The highest BCUT2D eigenvalue weighted by Gasteiger charge is 2.29. The zero-order chi connectivity index (χ0) is 23.7. The molecule has 3 heterocycles. The highest BCUT2D eigenvalue weighted by molar-refractivity contribution is 6.01. The summed E-state index contributed by atoms with van der Waals surface area (Å²) in [5.41, 5.74) is 7.16. The van der Waals surface area contributed by atoms with Gasteiger partial charge in [-0.25, -0.2) is 0 Å². The Balaban J connectivity index is 1.36. The van der Waals surface area contributed by atoms with Crippen molar-refractivity contribution in [1.82, 2.24) is 14.8 Å². The fourth-order valence-electron chi connectivity index (χ4n) is 6.05. The number of H-pyrrole nitrogens is 1. The van der Waals surface area contributed by atoms with Gasteiger partial charge in [0.2, 0.25) is 0 Å². The van der Waals surface area contributed by atoms with E-state index in [-0.39, 0.29) is 11.8 Å². The van der Waals surface area contributed by atoms with Gasteiger partial charge >= 0.3 is 0 Å². The maximum Gasteiger partial charge on any atom is 0.270 e. The van der Waals surface area contributed by atoms with E-state index in [4.69, 9.17) is 0 Å². The average molecular weight is 455 g/mol. The van der Waals surface area contributed by atoms with Gasteiger partial charge in [-0.1, -0.05) is 36.4 Å². The standard InChI is InChI=1S/C29H34N4O/c1-20-7-5-8-21(2)27(20)23-12-15-32(16-13-23)19-25-24-10-3-4-11-26(24)31-28(25)29(34)33-14-6-9-22(17-30)18-33/h3-5,7-8,10-11,22-23,31H,6,9,12-16,18-19H2,1-2H3/t22-/m1/s1. The third-order valence-corrected chi connectivity index (χ3v) is 7.84. The van der Waals surface area contributed by atoms with E-state index in [1.165, 1.54) is 16.7 Å². The number of rotatable bonds is 4. The van der Waals surface area contributed by atoms with Crippen LogP contribution >= 0.6 is 0 Å². The average Bonchev–Trinajstić information content (AvgIpc) is 3.23. The van der Waals surface area contributed by atoms with Crippen molar-refractivity contribution in [2.45, 2.75) is 52.0 Å². The van der Waals surface area contributed by atoms with Crippen LogP contribution in [0.4, 0.5) is 0 Å². The van der Waals surface area contributed by atoms with E-state index in [0.29, 0.717) is 18.2 Å². The zero-order valence-corrected chi connectivity index (χ0v) is 20.3. The maximum atomic E-state index is 13.6. The van der Waals surface area contributed by atoms with E-state index in [0.717, 1.165) is 68.3 Å². The summed E-state index contributed by atoms with van der Waals surface area (Å²) in [6.45, 7) is 8.57. The summed E-state index contributed by atoms with van der Waals surface area (Å²) < 4.78 is 0. The van der Waals surface area contributed by atoms with E-state index in [1.807, 2.05) is 17.0 Å². The number of aryl methyl sites for hydroxylation is 2. The molecule has 1 N–H and O–H groups in total. The summed E-state index contributed by atoms with van der Waals surface area (Å²) in [7, 11) is 0. The summed E-state index contributed by atoms with van der Waals surface area (Å²) >= 11 is 0. The number of carbonyl (C=O) groups is 1. The fraction of sp³-hybridized carbons (Fsp3) is 0.448. The van der Waals surface area contributed by atoms with Gasteiger partial charge in [0.1, 0.15) is 5.69 Å². The molecule has 1 aromatic heterocycles. The van der Waals surface area contributed by atoms with Crippen molar-refractivity contribution >= 4 is 16.8 Å². The lowest BCUT2D eigenvalue weighted by atomic mass is 9.84. The third kappa shape index (κ3) is 4.35. The van der Waals surface area contributed by atoms with Crippen LogP contribution in [0, 0.1) is 31.1 Å². The van der Waals surface area contributed by atoms with Crippen LogP contribution in [0.25, 0.3) is 10.9 Å². The summed E-state index contributed by atoms with van der Waals surface area (Å²) in [6.07, 6.45) is 4.07. The lowest BCUT2D eigenvalue weighted by Crippen LogP contribution is -2.40. The molecule has 0 spiro atoms. The molecule has 3 aromatic rings. The molecule has 0 unspecified atom stereocenters. The van der Waals surface area contributed by atoms with Crippen LogP contribution in [0.1, 0.15) is 64.3 Å². The van der Waals surface area contributed by atoms with Gasteiger partial charge < -0.3 is 9.88 Å². The molecule has 1 amide bonds. The maximum absolute atomic E-state index is 13.6. The van der Waals surface area contributed by atoms with Crippen LogP contribution in [0.15, 0.2) is 42.5 Å². The van der Waals surface area contributed by atoms with Crippen molar-refractivity contribution < 1.29 is 4.79 Å². The first-order valence-electron chi connectivity index (χ1n) is 12.6. The second kappa shape index (κ2) is 9.64. The number of nitrogens with one attached hydrogen (secondary N) is 1. The van der Waals surface area contributed by atoms with Crippen LogP contribution < -0.4 is 0 Å². The molecular formula is C29H34N4O. The van der Waals surface area contributed by atoms with E-state index >= 15 is 0 Å². The predicted octanol–water partition coefficient (Wildman–Crippen LogP) is 5.54. The molecular weight excluding hydrogens is 420 g/mol. The van der Waals surface area contributed by atoms with Crippen molar-refractivity contribution in [3.63, 3.8) is 0 Å². The van der Waals surface area contributed by atoms with Gasteiger partial charge in [-0.2, -0.15) is 5.26 Å². The highest BCUT2D eigenvalue weighted by Crippen LogP contribution is 2.34. The highest BCUT2D eigenvalue weighted by atomic mass is 16.2. The third-order valence-electron chi connectivity index (χ3n) is 7.84. The van der Waals surface area contributed by atoms with Gasteiger partial charge in [0.05, 0.1) is 12.0 Å². The second-order valence-corrected chi connectivity index (χ2v) is 10.1. The normalized spacial score (nSPS) is 19.9. The number of hydrogen-bond acceptors (Lipinski definition) is 3. The number of carbonyl (C=O) groups excluding carboxylic acids is 1. The number of aromatic nitrogens is 1. The van der Waals surface area contributed by atoms with E-state index < -0.39 is 0 Å². The molecule has 176 valence electrons. The summed E-state index contributed by atoms with van der Waals surface area (Å²) in [5, 5.41) is 10.5.